The average molecular weight is 374 g/mol. The molecule has 0 fully saturated rings. The summed E-state index contributed by atoms with van der Waals surface area (Å²) < 4.78 is 0. The number of unbranched alkanes of at least 4 members (excludes halogenated alkanes) is 13. The summed E-state index contributed by atoms with van der Waals surface area (Å²) in [6, 6.07) is 0. The SMILES string of the molecule is CC(=O)O.CCCCCCCCCCCCCCCCC(O)C(C)(C)N. The van der Waals surface area contributed by atoms with E-state index in [9.17, 15) is 5.11 Å². The molecule has 0 aliphatic heterocycles. The summed E-state index contributed by atoms with van der Waals surface area (Å²) in [4.78, 5) is 9.00. The number of hydrogen-bond acceptors (Lipinski definition) is 3. The molecule has 0 aromatic heterocycles. The summed E-state index contributed by atoms with van der Waals surface area (Å²) in [7, 11) is 0. The van der Waals surface area contributed by atoms with Gasteiger partial charge in [0.2, 0.25) is 0 Å². The molecule has 1 atom stereocenters. The Morgan fingerprint density at radius 2 is 1.08 bits per heavy atom. The van der Waals surface area contributed by atoms with Crippen LogP contribution in [0.25, 0.3) is 0 Å². The minimum atomic E-state index is -0.833. The van der Waals surface area contributed by atoms with Gasteiger partial charge in [-0.2, -0.15) is 0 Å². The molecule has 0 bridgehead atoms. The third-order valence-electron chi connectivity index (χ3n) is 4.69. The number of aliphatic hydroxyl groups is 1. The van der Waals surface area contributed by atoms with E-state index in [1.54, 1.807) is 0 Å². The van der Waals surface area contributed by atoms with Gasteiger partial charge >= 0.3 is 0 Å². The lowest BCUT2D eigenvalue weighted by Gasteiger charge is -2.25. The fourth-order valence-corrected chi connectivity index (χ4v) is 2.90. The quantitative estimate of drug-likeness (QED) is 0.288. The maximum atomic E-state index is 9.85. The van der Waals surface area contributed by atoms with Crippen LogP contribution in [0.5, 0.6) is 0 Å². The highest BCUT2D eigenvalue weighted by Gasteiger charge is 2.21. The van der Waals surface area contributed by atoms with Crippen LogP contribution in [0, 0.1) is 0 Å². The van der Waals surface area contributed by atoms with Crippen molar-refractivity contribution in [2.24, 2.45) is 5.73 Å². The lowest BCUT2D eigenvalue weighted by molar-refractivity contribution is -0.134. The van der Waals surface area contributed by atoms with Crippen molar-refractivity contribution in [3.8, 4) is 0 Å². The molecule has 4 N–H and O–H groups in total. The van der Waals surface area contributed by atoms with Gasteiger partial charge in [-0.05, 0) is 20.3 Å². The number of carboxylic acids is 1. The standard InChI is InChI=1S/C20H43NO.C2H4O2/c1-4-5-6-7-8-9-10-11-12-13-14-15-16-17-18-19(22)20(2,3)21;1-2(3)4/h19,22H,4-18,21H2,1-3H3;1H3,(H,3,4). The van der Waals surface area contributed by atoms with Crippen LogP contribution in [0.15, 0.2) is 0 Å². The van der Waals surface area contributed by atoms with Crippen molar-refractivity contribution in [3.63, 3.8) is 0 Å². The van der Waals surface area contributed by atoms with E-state index in [1.807, 2.05) is 13.8 Å². The first-order valence-electron chi connectivity index (χ1n) is 10.9. The summed E-state index contributed by atoms with van der Waals surface area (Å²) >= 11 is 0. The Balaban J connectivity index is 0. The molecule has 0 aliphatic rings. The minimum Gasteiger partial charge on any atom is -0.481 e. The Morgan fingerprint density at radius 3 is 1.35 bits per heavy atom. The van der Waals surface area contributed by atoms with Crippen molar-refractivity contribution in [1.82, 2.24) is 0 Å². The summed E-state index contributed by atoms with van der Waals surface area (Å²) in [5, 5.41) is 17.3. The van der Waals surface area contributed by atoms with Crippen LogP contribution < -0.4 is 5.73 Å². The predicted octanol–water partition coefficient (Wildman–Crippen LogP) is 6.05. The van der Waals surface area contributed by atoms with Crippen LogP contribution in [0.3, 0.4) is 0 Å². The summed E-state index contributed by atoms with van der Waals surface area (Å²) in [6.45, 7) is 7.17. The molecule has 0 rings (SSSR count). The van der Waals surface area contributed by atoms with E-state index in [2.05, 4.69) is 6.92 Å². The first kappa shape index (κ1) is 27.6. The number of hydrogen-bond donors (Lipinski definition) is 3. The minimum absolute atomic E-state index is 0.357. The summed E-state index contributed by atoms with van der Waals surface area (Å²) in [6.07, 6.45) is 19.7. The Morgan fingerprint density at radius 1 is 0.808 bits per heavy atom. The molecule has 4 heteroatoms. The number of nitrogens with two attached hydrogens (primary N) is 1. The molecule has 1 unspecified atom stereocenters. The number of aliphatic hydroxyl groups excluding tert-OH is 1. The predicted molar refractivity (Wildman–Crippen MR) is 113 cm³/mol. The smallest absolute Gasteiger partial charge is 0.300 e. The molecule has 0 aliphatic carbocycles. The van der Waals surface area contributed by atoms with Gasteiger partial charge in [-0.1, -0.05) is 96.8 Å². The molecule has 0 saturated carbocycles. The largest absolute Gasteiger partial charge is 0.481 e. The Bertz CT molecular complexity index is 296. The van der Waals surface area contributed by atoms with Crippen molar-refractivity contribution < 1.29 is 15.0 Å². The van der Waals surface area contributed by atoms with Crippen LogP contribution in [-0.4, -0.2) is 27.8 Å². The third-order valence-corrected chi connectivity index (χ3v) is 4.69. The van der Waals surface area contributed by atoms with E-state index in [0.717, 1.165) is 19.8 Å². The number of carbonyl (C=O) groups is 1. The van der Waals surface area contributed by atoms with E-state index in [0.29, 0.717) is 0 Å². The van der Waals surface area contributed by atoms with Crippen LogP contribution in [0.4, 0.5) is 0 Å². The maximum absolute atomic E-state index is 9.85. The first-order valence-corrected chi connectivity index (χ1v) is 10.9. The van der Waals surface area contributed by atoms with Crippen LogP contribution in [0.2, 0.25) is 0 Å². The first-order chi connectivity index (χ1) is 12.2. The second-order valence-electron chi connectivity index (χ2n) is 8.24. The molecule has 0 saturated heterocycles. The third kappa shape index (κ3) is 25.6. The highest BCUT2D eigenvalue weighted by atomic mass is 16.4. The molecule has 0 amide bonds. The second kappa shape index (κ2) is 19.2. The molecular weight excluding hydrogens is 326 g/mol. The fraction of sp³-hybridized carbons (Fsp3) is 0.955. The molecule has 4 nitrogen and oxygen atoms in total. The van der Waals surface area contributed by atoms with Gasteiger partial charge in [0.1, 0.15) is 0 Å². The average Bonchev–Trinajstić information content (AvgIpc) is 2.53. The zero-order valence-electron chi connectivity index (χ0n) is 18.1. The molecule has 0 radical (unpaired) electrons. The van der Waals surface area contributed by atoms with Crippen molar-refractivity contribution in [1.29, 1.82) is 0 Å². The highest BCUT2D eigenvalue weighted by Crippen LogP contribution is 2.16. The lowest BCUT2D eigenvalue weighted by Crippen LogP contribution is -2.44. The highest BCUT2D eigenvalue weighted by molar-refractivity contribution is 5.62. The molecule has 0 heterocycles. The summed E-state index contributed by atoms with van der Waals surface area (Å²) in [5.74, 6) is -0.833. The second-order valence-corrected chi connectivity index (χ2v) is 8.24. The van der Waals surface area contributed by atoms with E-state index in [4.69, 9.17) is 15.6 Å². The Kier molecular flexibility index (Phi) is 20.3. The van der Waals surface area contributed by atoms with Gasteiger partial charge in [0, 0.05) is 12.5 Å². The topological polar surface area (TPSA) is 83.5 Å². The molecule has 26 heavy (non-hydrogen) atoms. The number of aliphatic carboxylic acids is 1. The Labute approximate surface area is 162 Å². The molecule has 0 aromatic carbocycles. The molecule has 158 valence electrons. The van der Waals surface area contributed by atoms with Crippen molar-refractivity contribution in [2.45, 2.75) is 136 Å². The van der Waals surface area contributed by atoms with E-state index in [1.165, 1.54) is 83.5 Å². The van der Waals surface area contributed by atoms with Gasteiger partial charge in [-0.25, -0.2) is 0 Å². The number of rotatable bonds is 16. The van der Waals surface area contributed by atoms with Gasteiger partial charge in [0.05, 0.1) is 6.10 Å². The normalized spacial score (nSPS) is 12.4. The number of carboxylic acid groups (broad SMARTS) is 1. The van der Waals surface area contributed by atoms with Crippen molar-refractivity contribution >= 4 is 5.97 Å². The van der Waals surface area contributed by atoms with Crippen LogP contribution in [-0.2, 0) is 4.79 Å². The maximum Gasteiger partial charge on any atom is 0.300 e. The van der Waals surface area contributed by atoms with Gasteiger partial charge in [0.25, 0.3) is 5.97 Å². The zero-order valence-corrected chi connectivity index (χ0v) is 18.1. The van der Waals surface area contributed by atoms with Crippen molar-refractivity contribution in [3.05, 3.63) is 0 Å². The molecule has 0 aromatic rings. The Hall–Kier alpha value is -0.610. The van der Waals surface area contributed by atoms with Gasteiger partial charge < -0.3 is 15.9 Å². The fourth-order valence-electron chi connectivity index (χ4n) is 2.90. The monoisotopic (exact) mass is 373 g/mol. The summed E-state index contributed by atoms with van der Waals surface area (Å²) in [5.41, 5.74) is 5.44. The zero-order chi connectivity index (χ0) is 20.3. The van der Waals surface area contributed by atoms with E-state index < -0.39 is 11.5 Å². The van der Waals surface area contributed by atoms with Crippen LogP contribution >= 0.6 is 0 Å². The van der Waals surface area contributed by atoms with E-state index >= 15 is 0 Å². The van der Waals surface area contributed by atoms with Gasteiger partial charge in [-0.15, -0.1) is 0 Å². The van der Waals surface area contributed by atoms with Gasteiger partial charge in [-0.3, -0.25) is 4.79 Å². The molecule has 0 spiro atoms. The van der Waals surface area contributed by atoms with E-state index in [-0.39, 0.29) is 6.10 Å². The van der Waals surface area contributed by atoms with Gasteiger partial charge in [0.15, 0.2) is 0 Å². The van der Waals surface area contributed by atoms with Crippen molar-refractivity contribution in [2.75, 3.05) is 0 Å². The lowest BCUT2D eigenvalue weighted by atomic mass is 9.94. The van der Waals surface area contributed by atoms with Crippen LogP contribution in [0.1, 0.15) is 124 Å². The molecular formula is C22H47NO3.